The smallest absolute Gasteiger partial charge is 0.280 e. The summed E-state index contributed by atoms with van der Waals surface area (Å²) in [7, 11) is -2.69. The molecule has 11 heteroatoms. The minimum atomic E-state index is -2.79. The summed E-state index contributed by atoms with van der Waals surface area (Å²) in [6.45, 7) is 1.65. The number of nitrogens with two attached hydrogens (primary N) is 1. The molecule has 3 N–H and O–H groups in total. The van der Waals surface area contributed by atoms with E-state index in [1.807, 2.05) is 0 Å². The van der Waals surface area contributed by atoms with E-state index in [1.165, 1.54) is 36.6 Å². The Kier molecular flexibility index (Phi) is 6.97. The van der Waals surface area contributed by atoms with Gasteiger partial charge in [-0.05, 0) is 55.3 Å². The van der Waals surface area contributed by atoms with Crippen LogP contribution in [0, 0.1) is 17.5 Å². The molecule has 32 heavy (non-hydrogen) atoms. The lowest BCUT2D eigenvalue weighted by atomic mass is 9.99. The van der Waals surface area contributed by atoms with Crippen LogP contribution >= 0.6 is 0 Å². The molecule has 0 saturated carbocycles. The first-order valence-electron chi connectivity index (χ1n) is 9.58. The third-order valence-electron chi connectivity index (χ3n) is 4.41. The van der Waals surface area contributed by atoms with E-state index in [0.29, 0.717) is 28.8 Å². The molecule has 0 aliphatic rings. The lowest BCUT2D eigenvalue weighted by Crippen LogP contribution is -2.10. The zero-order valence-corrected chi connectivity index (χ0v) is 18.3. The molecular formula is C21H22F3N5O2S. The van der Waals surface area contributed by atoms with Crippen LogP contribution in [0.3, 0.4) is 0 Å². The second kappa shape index (κ2) is 9.51. The number of nitrogens with zero attached hydrogens (tertiary/aromatic N) is 3. The second-order valence-corrected chi connectivity index (χ2v) is 9.67. The molecule has 0 fully saturated rings. The lowest BCUT2D eigenvalue weighted by Gasteiger charge is -2.16. The van der Waals surface area contributed by atoms with E-state index in [-0.39, 0.29) is 29.9 Å². The van der Waals surface area contributed by atoms with Crippen LogP contribution in [0.25, 0.3) is 22.4 Å². The number of hydrogen-bond acceptors (Lipinski definition) is 7. The molecular weight excluding hydrogens is 443 g/mol. The van der Waals surface area contributed by atoms with E-state index in [1.54, 1.807) is 13.0 Å². The summed E-state index contributed by atoms with van der Waals surface area (Å²) in [5.41, 5.74) is 7.19. The number of anilines is 1. The third kappa shape index (κ3) is 5.94. The molecule has 0 amide bonds. The molecule has 170 valence electrons. The quantitative estimate of drug-likeness (QED) is 0.469. The van der Waals surface area contributed by atoms with Gasteiger partial charge in [-0.1, -0.05) is 0 Å². The maximum Gasteiger partial charge on any atom is 0.280 e. The van der Waals surface area contributed by atoms with Gasteiger partial charge in [-0.3, -0.25) is 14.0 Å². The summed E-state index contributed by atoms with van der Waals surface area (Å²) in [5, 5.41) is 0. The molecule has 0 spiro atoms. The molecule has 1 aromatic carbocycles. The molecule has 0 bridgehead atoms. The summed E-state index contributed by atoms with van der Waals surface area (Å²) in [5.74, 6) is -0.414. The average molecular weight is 466 g/mol. The van der Waals surface area contributed by atoms with E-state index in [4.69, 9.17) is 15.3 Å². The first-order valence-corrected chi connectivity index (χ1v) is 11.7. The standard InChI is InChI=1S/C21H22F3N5O2S/c1-12-10-14(11-16(27-12)19(23)24)17-18(13-4-6-15(22)7-5-13)28-21(25)29-20(17)31-8-3-9-32(2,26)30/h4-7,10-11,19,26H,3,8-9H2,1-2H3,(H2,25,28,29). The van der Waals surface area contributed by atoms with Crippen molar-refractivity contribution in [2.75, 3.05) is 24.3 Å². The fourth-order valence-corrected chi connectivity index (χ4v) is 3.76. The summed E-state index contributed by atoms with van der Waals surface area (Å²) in [4.78, 5) is 12.3. The van der Waals surface area contributed by atoms with Crippen LogP contribution in [-0.2, 0) is 9.73 Å². The molecule has 3 rings (SSSR count). The SMILES string of the molecule is Cc1cc(-c2c(OCCCS(C)(=N)=O)nc(N)nc2-c2ccc(F)cc2)cc(C(F)F)n1. The van der Waals surface area contributed by atoms with E-state index in [2.05, 4.69) is 15.0 Å². The molecule has 0 aliphatic carbocycles. The van der Waals surface area contributed by atoms with Crippen molar-refractivity contribution in [3.63, 3.8) is 0 Å². The maximum absolute atomic E-state index is 13.5. The molecule has 0 saturated heterocycles. The van der Waals surface area contributed by atoms with Crippen molar-refractivity contribution in [3.8, 4) is 28.3 Å². The number of benzene rings is 1. The largest absolute Gasteiger partial charge is 0.477 e. The van der Waals surface area contributed by atoms with E-state index < -0.39 is 27.7 Å². The van der Waals surface area contributed by atoms with Gasteiger partial charge in [0.05, 0.1) is 17.9 Å². The summed E-state index contributed by atoms with van der Waals surface area (Å²) >= 11 is 0. The minimum absolute atomic E-state index is 0.0372. The number of aromatic nitrogens is 3. The Morgan fingerprint density at radius 3 is 2.44 bits per heavy atom. The highest BCUT2D eigenvalue weighted by Gasteiger charge is 2.21. The zero-order valence-electron chi connectivity index (χ0n) is 17.4. The molecule has 1 atom stereocenters. The predicted molar refractivity (Wildman–Crippen MR) is 117 cm³/mol. The van der Waals surface area contributed by atoms with E-state index in [9.17, 15) is 17.4 Å². The van der Waals surface area contributed by atoms with Crippen molar-refractivity contribution in [1.82, 2.24) is 15.0 Å². The summed E-state index contributed by atoms with van der Waals surface area (Å²) in [6.07, 6.45) is -1.15. The Morgan fingerprint density at radius 2 is 1.81 bits per heavy atom. The van der Waals surface area contributed by atoms with Crippen molar-refractivity contribution in [2.45, 2.75) is 19.8 Å². The fraction of sp³-hybridized carbons (Fsp3) is 0.286. The Hall–Kier alpha value is -3.21. The van der Waals surface area contributed by atoms with Gasteiger partial charge in [0.1, 0.15) is 11.5 Å². The van der Waals surface area contributed by atoms with Crippen LogP contribution in [0.1, 0.15) is 24.2 Å². The number of nitrogen functional groups attached to an aromatic ring is 1. The van der Waals surface area contributed by atoms with Gasteiger partial charge < -0.3 is 10.5 Å². The van der Waals surface area contributed by atoms with Crippen LogP contribution in [0.5, 0.6) is 5.88 Å². The highest BCUT2D eigenvalue weighted by atomic mass is 32.2. The van der Waals surface area contributed by atoms with Crippen LogP contribution in [0.4, 0.5) is 19.1 Å². The molecule has 0 radical (unpaired) electrons. The van der Waals surface area contributed by atoms with Gasteiger partial charge in [0.25, 0.3) is 6.43 Å². The van der Waals surface area contributed by atoms with Crippen molar-refractivity contribution in [3.05, 3.63) is 53.6 Å². The van der Waals surface area contributed by atoms with E-state index in [0.717, 1.165) is 0 Å². The minimum Gasteiger partial charge on any atom is -0.477 e. The van der Waals surface area contributed by atoms with Gasteiger partial charge in [0.15, 0.2) is 0 Å². The average Bonchev–Trinajstić information content (AvgIpc) is 2.70. The monoisotopic (exact) mass is 465 g/mol. The first kappa shape index (κ1) is 23.5. The molecule has 2 aromatic heterocycles. The van der Waals surface area contributed by atoms with Gasteiger partial charge in [-0.2, -0.15) is 4.98 Å². The number of nitrogens with one attached hydrogen (secondary N) is 1. The number of hydrogen-bond donors (Lipinski definition) is 2. The topological polar surface area (TPSA) is 115 Å². The second-order valence-electron chi connectivity index (χ2n) is 7.25. The number of ether oxygens (including phenoxy) is 1. The maximum atomic E-state index is 13.5. The Balaban J connectivity index is 2.15. The first-order chi connectivity index (χ1) is 15.0. The van der Waals surface area contributed by atoms with E-state index >= 15 is 0 Å². The Bertz CT molecular complexity index is 1220. The number of alkyl halides is 2. The molecule has 2 heterocycles. The Labute approximate surface area is 183 Å². The number of rotatable bonds is 8. The highest BCUT2D eigenvalue weighted by molar-refractivity contribution is 7.91. The van der Waals surface area contributed by atoms with Crippen LogP contribution in [0.15, 0.2) is 36.4 Å². The highest BCUT2D eigenvalue weighted by Crippen LogP contribution is 2.39. The van der Waals surface area contributed by atoms with Gasteiger partial charge in [-0.25, -0.2) is 18.2 Å². The van der Waals surface area contributed by atoms with Crippen LogP contribution in [0.2, 0.25) is 0 Å². The molecule has 3 aromatic rings. The molecule has 0 aliphatic heterocycles. The van der Waals surface area contributed by atoms with Crippen molar-refractivity contribution in [2.24, 2.45) is 0 Å². The lowest BCUT2D eigenvalue weighted by molar-refractivity contribution is 0.146. The number of pyridine rings is 1. The molecule has 1 unspecified atom stereocenters. The van der Waals surface area contributed by atoms with Crippen molar-refractivity contribution in [1.29, 1.82) is 4.78 Å². The predicted octanol–water partition coefficient (Wildman–Crippen LogP) is 4.62. The number of halogens is 3. The van der Waals surface area contributed by atoms with Crippen LogP contribution < -0.4 is 10.5 Å². The third-order valence-corrected chi connectivity index (χ3v) is 5.48. The Morgan fingerprint density at radius 1 is 1.12 bits per heavy atom. The van der Waals surface area contributed by atoms with Gasteiger partial charge in [-0.15, -0.1) is 0 Å². The molecule has 7 nitrogen and oxygen atoms in total. The normalized spacial score (nSPS) is 13.2. The summed E-state index contributed by atoms with van der Waals surface area (Å²) < 4.78 is 65.1. The van der Waals surface area contributed by atoms with Gasteiger partial charge in [0.2, 0.25) is 11.8 Å². The van der Waals surface area contributed by atoms with Crippen molar-refractivity contribution < 1.29 is 22.1 Å². The summed E-state index contributed by atoms with van der Waals surface area (Å²) in [6, 6.07) is 8.26. The van der Waals surface area contributed by atoms with Crippen LogP contribution in [-0.4, -0.2) is 37.8 Å². The fourth-order valence-electron chi connectivity index (χ4n) is 3.09. The van der Waals surface area contributed by atoms with Gasteiger partial charge >= 0.3 is 0 Å². The van der Waals surface area contributed by atoms with Gasteiger partial charge in [0, 0.05) is 33.0 Å². The number of aryl methyl sites for hydroxylation is 1. The zero-order chi connectivity index (χ0) is 23.5. The van der Waals surface area contributed by atoms with Crippen molar-refractivity contribution >= 4 is 15.7 Å².